The van der Waals surface area contributed by atoms with Gasteiger partial charge in [-0.2, -0.15) is 26.3 Å². The topological polar surface area (TPSA) is 88.1 Å². The van der Waals surface area contributed by atoms with Crippen LogP contribution in [0.2, 0.25) is 0 Å². The summed E-state index contributed by atoms with van der Waals surface area (Å²) in [4.78, 5) is 40.6. The van der Waals surface area contributed by atoms with Gasteiger partial charge < -0.3 is 9.30 Å². The number of ether oxygens (including phenoxy) is 1. The summed E-state index contributed by atoms with van der Waals surface area (Å²) in [6.07, 6.45) is -10.9. The normalized spacial score (nSPS) is 13.5. The number of imidazole rings is 1. The molecule has 0 spiro atoms. The summed E-state index contributed by atoms with van der Waals surface area (Å²) in [5.74, 6) is -4.09. The molecule has 3 rings (SSSR count). The molecule has 0 aliphatic carbocycles. The number of hydrogen-bond donors (Lipinski definition) is 0. The Morgan fingerprint density at radius 3 is 2.11 bits per heavy atom. The summed E-state index contributed by atoms with van der Waals surface area (Å²) in [7, 11) is 0.688. The Morgan fingerprint density at radius 1 is 1.00 bits per heavy atom. The van der Waals surface area contributed by atoms with Gasteiger partial charge in [0.15, 0.2) is 0 Å². The summed E-state index contributed by atoms with van der Waals surface area (Å²) < 4.78 is 101. The first-order valence-electron chi connectivity index (χ1n) is 9.85. The molecule has 0 fully saturated rings. The van der Waals surface area contributed by atoms with Gasteiger partial charge in [-0.1, -0.05) is 0 Å². The first-order valence-corrected chi connectivity index (χ1v) is 9.85. The minimum atomic E-state index is -5.11. The second kappa shape index (κ2) is 8.53. The van der Waals surface area contributed by atoms with E-state index in [0.717, 1.165) is 6.92 Å². The van der Waals surface area contributed by atoms with Crippen LogP contribution in [0.25, 0.3) is 16.7 Å². The minimum Gasteiger partial charge on any atom is -0.461 e. The van der Waals surface area contributed by atoms with Crippen LogP contribution in [0, 0.1) is 5.82 Å². The van der Waals surface area contributed by atoms with E-state index >= 15 is 0 Å². The van der Waals surface area contributed by atoms with Crippen LogP contribution < -0.4 is 11.2 Å². The quantitative estimate of drug-likeness (QED) is 0.396. The van der Waals surface area contributed by atoms with Crippen LogP contribution in [-0.4, -0.2) is 30.8 Å². The number of alkyl halides is 6. The Labute approximate surface area is 191 Å². The van der Waals surface area contributed by atoms with Crippen molar-refractivity contribution in [3.05, 3.63) is 56.4 Å². The predicted octanol–water partition coefficient (Wildman–Crippen LogP) is 3.58. The van der Waals surface area contributed by atoms with Gasteiger partial charge >= 0.3 is 24.0 Å². The van der Waals surface area contributed by atoms with E-state index in [4.69, 9.17) is 4.74 Å². The first-order chi connectivity index (χ1) is 15.9. The van der Waals surface area contributed by atoms with Crippen molar-refractivity contribution in [3.63, 3.8) is 0 Å². The molecule has 1 aromatic carbocycles. The number of fused-ring (bicyclic) bond motifs is 1. The van der Waals surface area contributed by atoms with Crippen molar-refractivity contribution in [2.75, 3.05) is 0 Å². The Balaban J connectivity index is 2.37. The molecule has 2 aromatic heterocycles. The van der Waals surface area contributed by atoms with Gasteiger partial charge in [0.25, 0.3) is 5.56 Å². The molecular weight excluding hydrogens is 493 g/mol. The lowest BCUT2D eigenvalue weighted by atomic mass is 10.2. The third-order valence-electron chi connectivity index (χ3n) is 4.94. The zero-order chi connectivity index (χ0) is 26.6. The highest BCUT2D eigenvalue weighted by atomic mass is 19.4. The summed E-state index contributed by atoms with van der Waals surface area (Å²) >= 11 is 0. The molecule has 0 bridgehead atoms. The Bertz CT molecular complexity index is 1430. The third-order valence-corrected chi connectivity index (χ3v) is 4.94. The van der Waals surface area contributed by atoms with E-state index in [1.807, 2.05) is 0 Å². The van der Waals surface area contributed by atoms with Crippen molar-refractivity contribution in [2.45, 2.75) is 45.3 Å². The first kappa shape index (κ1) is 26.0. The average Bonchev–Trinajstić information content (AvgIpc) is 3.07. The van der Waals surface area contributed by atoms with Crippen molar-refractivity contribution < 1.29 is 40.3 Å². The van der Waals surface area contributed by atoms with Crippen LogP contribution in [0.5, 0.6) is 0 Å². The molecule has 1 unspecified atom stereocenters. The standard InChI is InChI=1S/C20H17F7N4O4/c1-8(2)35-16(33)9(3)30-13-6-12(10(21)5-11(13)28-17(30)20(25,26)27)31-15(32)7-14(19(22,23)24)29(4)18(31)34/h5-9H,1-4H3. The molecule has 35 heavy (non-hydrogen) atoms. The summed E-state index contributed by atoms with van der Waals surface area (Å²) in [5, 5.41) is 0. The largest absolute Gasteiger partial charge is 0.461 e. The van der Waals surface area contributed by atoms with Gasteiger partial charge in [-0.15, -0.1) is 0 Å². The van der Waals surface area contributed by atoms with Gasteiger partial charge in [-0.25, -0.2) is 23.5 Å². The second-order valence-corrected chi connectivity index (χ2v) is 7.80. The molecule has 3 aromatic rings. The molecular formula is C20H17F7N4O4. The molecule has 0 saturated carbocycles. The second-order valence-electron chi connectivity index (χ2n) is 7.80. The SMILES string of the molecule is CC(C)OC(=O)C(C)n1c(C(F)(F)F)nc2cc(F)c(-n3c(=O)cc(C(F)(F)F)n(C)c3=O)cc21. The van der Waals surface area contributed by atoms with Crippen LogP contribution in [0.15, 0.2) is 27.8 Å². The molecule has 0 amide bonds. The highest BCUT2D eigenvalue weighted by molar-refractivity contribution is 5.83. The van der Waals surface area contributed by atoms with E-state index in [2.05, 4.69) is 4.98 Å². The zero-order valence-corrected chi connectivity index (χ0v) is 18.5. The maximum atomic E-state index is 14.8. The molecule has 0 aliphatic heterocycles. The number of carbonyl (C=O) groups excluding carboxylic acids is 1. The van der Waals surface area contributed by atoms with Crippen LogP contribution >= 0.6 is 0 Å². The van der Waals surface area contributed by atoms with E-state index in [-0.39, 0.29) is 15.2 Å². The number of aromatic nitrogens is 4. The fourth-order valence-corrected chi connectivity index (χ4v) is 3.42. The molecule has 15 heteroatoms. The summed E-state index contributed by atoms with van der Waals surface area (Å²) in [5.41, 5.74) is -6.82. The molecule has 8 nitrogen and oxygen atoms in total. The molecule has 0 aliphatic rings. The van der Waals surface area contributed by atoms with Crippen molar-refractivity contribution in [3.8, 4) is 5.69 Å². The molecule has 190 valence electrons. The smallest absolute Gasteiger partial charge is 0.449 e. The molecule has 0 radical (unpaired) electrons. The number of benzene rings is 1. The van der Waals surface area contributed by atoms with Crippen LogP contribution in [0.4, 0.5) is 30.7 Å². The lowest BCUT2D eigenvalue weighted by Gasteiger charge is -2.19. The van der Waals surface area contributed by atoms with E-state index in [0.29, 0.717) is 23.7 Å². The molecule has 1 atom stereocenters. The van der Waals surface area contributed by atoms with Crippen LogP contribution in [0.1, 0.15) is 38.3 Å². The van der Waals surface area contributed by atoms with Gasteiger partial charge in [0.2, 0.25) is 5.82 Å². The number of halogens is 7. The van der Waals surface area contributed by atoms with Gasteiger partial charge in [0, 0.05) is 19.2 Å². The summed E-state index contributed by atoms with van der Waals surface area (Å²) in [6, 6.07) is -0.487. The zero-order valence-electron chi connectivity index (χ0n) is 18.5. The Kier molecular flexibility index (Phi) is 6.33. The van der Waals surface area contributed by atoms with Crippen LogP contribution in [0.3, 0.4) is 0 Å². The van der Waals surface area contributed by atoms with Crippen molar-refractivity contribution in [1.29, 1.82) is 0 Å². The van der Waals surface area contributed by atoms with Gasteiger partial charge in [0.05, 0.1) is 22.8 Å². The van der Waals surface area contributed by atoms with Gasteiger partial charge in [-0.3, -0.25) is 9.36 Å². The van der Waals surface area contributed by atoms with Crippen molar-refractivity contribution >= 4 is 17.0 Å². The van der Waals surface area contributed by atoms with Crippen molar-refractivity contribution in [2.24, 2.45) is 7.05 Å². The highest BCUT2D eigenvalue weighted by Gasteiger charge is 2.41. The molecule has 2 heterocycles. The lowest BCUT2D eigenvalue weighted by molar-refractivity contribution is -0.155. The lowest BCUT2D eigenvalue weighted by Crippen LogP contribution is -2.41. The summed E-state index contributed by atoms with van der Waals surface area (Å²) in [6.45, 7) is 3.98. The van der Waals surface area contributed by atoms with E-state index < -0.39 is 75.8 Å². The third kappa shape index (κ3) is 4.66. The number of carbonyl (C=O) groups is 1. The Hall–Kier alpha value is -3.65. The van der Waals surface area contributed by atoms with E-state index in [1.165, 1.54) is 13.8 Å². The number of esters is 1. The predicted molar refractivity (Wildman–Crippen MR) is 106 cm³/mol. The van der Waals surface area contributed by atoms with E-state index in [9.17, 15) is 45.1 Å². The number of rotatable bonds is 4. The van der Waals surface area contributed by atoms with Gasteiger partial charge in [-0.05, 0) is 26.8 Å². The maximum absolute atomic E-state index is 14.8. The maximum Gasteiger partial charge on any atom is 0.449 e. The monoisotopic (exact) mass is 510 g/mol. The fraction of sp³-hybridized carbons (Fsp3) is 0.400. The number of hydrogen-bond acceptors (Lipinski definition) is 5. The fourth-order valence-electron chi connectivity index (χ4n) is 3.42. The minimum absolute atomic E-state index is 0.0335. The number of nitrogens with zero attached hydrogens (tertiary/aromatic N) is 4. The average molecular weight is 510 g/mol. The van der Waals surface area contributed by atoms with Gasteiger partial charge in [0.1, 0.15) is 17.6 Å². The highest BCUT2D eigenvalue weighted by Crippen LogP contribution is 2.35. The molecule has 0 saturated heterocycles. The van der Waals surface area contributed by atoms with Crippen molar-refractivity contribution in [1.82, 2.24) is 18.7 Å². The Morgan fingerprint density at radius 2 is 1.60 bits per heavy atom. The van der Waals surface area contributed by atoms with E-state index in [1.54, 1.807) is 0 Å². The molecule has 0 N–H and O–H groups in total. The van der Waals surface area contributed by atoms with Crippen LogP contribution in [-0.2, 0) is 28.9 Å².